The number of aliphatic hydroxyl groups excluding tert-OH is 1. The van der Waals surface area contributed by atoms with Gasteiger partial charge in [-0.3, -0.25) is 24.0 Å². The summed E-state index contributed by atoms with van der Waals surface area (Å²) in [7, 11) is 0. The first-order valence-electron chi connectivity index (χ1n) is 17.0. The summed E-state index contributed by atoms with van der Waals surface area (Å²) in [4.78, 5) is 93.6. The lowest BCUT2D eigenvalue weighted by molar-refractivity contribution is -0.757. The van der Waals surface area contributed by atoms with Gasteiger partial charge in [0.2, 0.25) is 11.7 Å². The van der Waals surface area contributed by atoms with Crippen LogP contribution >= 0.6 is 0 Å². The zero-order valence-electron chi connectivity index (χ0n) is 28.8. The van der Waals surface area contributed by atoms with Gasteiger partial charge in [-0.2, -0.15) is 0 Å². The predicted octanol–water partition coefficient (Wildman–Crippen LogP) is 2.48. The van der Waals surface area contributed by atoms with Crippen LogP contribution in [0.5, 0.6) is 0 Å². The number of halogens is 1. The van der Waals surface area contributed by atoms with E-state index in [0.29, 0.717) is 12.0 Å². The Kier molecular flexibility index (Phi) is 11.9. The van der Waals surface area contributed by atoms with Crippen LogP contribution in [-0.4, -0.2) is 88.4 Å². The fourth-order valence-electron chi connectivity index (χ4n) is 9.07. The van der Waals surface area contributed by atoms with Crippen LogP contribution in [0, 0.1) is 48.8 Å². The van der Waals surface area contributed by atoms with Gasteiger partial charge in [0.25, 0.3) is 10.2 Å². The molecule has 18 heteroatoms. The fraction of sp³-hybridized carbons (Fsp3) is 0.727. The molecule has 0 saturated heterocycles. The van der Waals surface area contributed by atoms with Crippen molar-refractivity contribution in [3.8, 4) is 0 Å². The number of hydrogen-bond donors (Lipinski definition) is 2. The van der Waals surface area contributed by atoms with Crippen molar-refractivity contribution < 1.29 is 62.8 Å². The number of alkyl halides is 1. The van der Waals surface area contributed by atoms with E-state index >= 15 is 4.39 Å². The monoisotopic (exact) mass is 725 g/mol. The van der Waals surface area contributed by atoms with E-state index in [2.05, 4.69) is 15.0 Å². The van der Waals surface area contributed by atoms with Crippen LogP contribution < -0.4 is 5.32 Å². The molecule has 0 radical (unpaired) electrons. The Hall–Kier alpha value is -4.48. The van der Waals surface area contributed by atoms with E-state index in [1.54, 1.807) is 20.8 Å². The average molecular weight is 726 g/mol. The summed E-state index contributed by atoms with van der Waals surface area (Å²) in [6.45, 7) is 3.29. The van der Waals surface area contributed by atoms with Gasteiger partial charge >= 0.3 is 11.9 Å². The first kappa shape index (κ1) is 39.3. The highest BCUT2D eigenvalue weighted by Crippen LogP contribution is 2.71. The van der Waals surface area contributed by atoms with Crippen molar-refractivity contribution in [2.45, 2.75) is 95.9 Å². The summed E-state index contributed by atoms with van der Waals surface area (Å²) in [5, 5.41) is 33.0. The molecule has 0 aromatic carbocycles. The lowest BCUT2D eigenvalue weighted by Crippen LogP contribution is -2.70. The van der Waals surface area contributed by atoms with E-state index < -0.39 is 93.0 Å². The third-order valence-electron chi connectivity index (χ3n) is 11.4. The minimum atomic E-state index is -2.22. The standard InChI is InChI=1S/C33H44FN3O14/c1-20-16-24-23-9-8-21-17-22(38)10-12-30(21,2)32(23,34)25(39)18-31(24,3)33(20,51-29(43)7-5-15-50-37(46)47)26(40)19-48-28(42)11-13-35-27(41)6-4-14-49-36(44)45/h10,12,17,20,23-25,39H,4-9,11,13-16,18-19H2,1-3H3,(H,35,41)/t20-,23?,24?,25+,30+,31+,32+,33+/m1/s1. The molecule has 0 heterocycles. The van der Waals surface area contributed by atoms with Crippen molar-refractivity contribution in [2.75, 3.05) is 26.4 Å². The number of carbonyl (C=O) groups is 5. The van der Waals surface area contributed by atoms with Gasteiger partial charge in [-0.1, -0.05) is 25.5 Å². The summed E-state index contributed by atoms with van der Waals surface area (Å²) < 4.78 is 29.0. The van der Waals surface area contributed by atoms with Crippen molar-refractivity contribution in [3.63, 3.8) is 0 Å². The molecular formula is C33H44FN3O14. The Morgan fingerprint density at radius 1 is 1.02 bits per heavy atom. The molecule has 0 bridgehead atoms. The van der Waals surface area contributed by atoms with Gasteiger partial charge in [-0.15, -0.1) is 20.2 Å². The molecule has 51 heavy (non-hydrogen) atoms. The number of amides is 1. The maximum Gasteiger partial charge on any atom is 0.308 e. The van der Waals surface area contributed by atoms with Crippen LogP contribution in [0.1, 0.15) is 78.6 Å². The quantitative estimate of drug-likeness (QED) is 0.0948. The minimum Gasteiger partial charge on any atom is -0.457 e. The molecule has 0 aromatic heterocycles. The van der Waals surface area contributed by atoms with Gasteiger partial charge in [-0.25, -0.2) is 4.39 Å². The first-order chi connectivity index (χ1) is 23.9. The molecule has 2 N–H and O–H groups in total. The highest BCUT2D eigenvalue weighted by atomic mass is 19.1. The van der Waals surface area contributed by atoms with Crippen LogP contribution in [0.2, 0.25) is 0 Å². The number of fused-ring (bicyclic) bond motifs is 5. The van der Waals surface area contributed by atoms with E-state index in [1.807, 2.05) is 0 Å². The van der Waals surface area contributed by atoms with E-state index in [1.165, 1.54) is 18.2 Å². The summed E-state index contributed by atoms with van der Waals surface area (Å²) in [5.74, 6) is -5.45. The number of nitrogens with zero attached hydrogens (tertiary/aromatic N) is 2. The molecule has 4 rings (SSSR count). The average Bonchev–Trinajstić information content (AvgIpc) is 3.27. The zero-order chi connectivity index (χ0) is 37.8. The van der Waals surface area contributed by atoms with Crippen molar-refractivity contribution >= 4 is 29.4 Å². The molecule has 2 unspecified atom stereocenters. The number of nitrogens with one attached hydrogen (secondary N) is 1. The van der Waals surface area contributed by atoms with Gasteiger partial charge in [0, 0.05) is 42.1 Å². The number of Topliss-reactive ketones (excluding diaryl/α,β-unsaturated/α-hetero) is 1. The van der Waals surface area contributed by atoms with Gasteiger partial charge in [-0.05, 0) is 63.5 Å². The van der Waals surface area contributed by atoms with E-state index in [9.17, 15) is 49.3 Å². The molecular weight excluding hydrogens is 681 g/mol. The second kappa shape index (κ2) is 15.4. The maximum absolute atomic E-state index is 17.7. The SMILES string of the molecule is C[C@@H]1CC2C3CCC4=CC(=O)C=C[C@]4(C)[C@@]3(F)[C@@H](O)C[C@]2(C)[C@@]1(OC(=O)CCCO[N+](=O)[O-])C(=O)COC(=O)CCNC(=O)CCCO[N+](=O)[O-]. The summed E-state index contributed by atoms with van der Waals surface area (Å²) in [5.41, 5.74) is -6.29. The Bertz CT molecular complexity index is 1500. The summed E-state index contributed by atoms with van der Waals surface area (Å²) in [6.07, 6.45) is 2.23. The highest BCUT2D eigenvalue weighted by molar-refractivity contribution is 6.01. The van der Waals surface area contributed by atoms with E-state index in [0.717, 1.165) is 0 Å². The number of ether oxygens (including phenoxy) is 2. The van der Waals surface area contributed by atoms with Crippen LogP contribution in [0.25, 0.3) is 0 Å². The lowest BCUT2D eigenvalue weighted by atomic mass is 9.44. The number of ketones is 2. The Morgan fingerprint density at radius 2 is 1.67 bits per heavy atom. The van der Waals surface area contributed by atoms with Crippen molar-refractivity contribution in [3.05, 3.63) is 44.0 Å². The molecule has 4 aliphatic rings. The van der Waals surface area contributed by atoms with Gasteiger partial charge < -0.3 is 29.6 Å². The second-order valence-electron chi connectivity index (χ2n) is 14.1. The molecule has 3 saturated carbocycles. The molecule has 0 spiro atoms. The summed E-state index contributed by atoms with van der Waals surface area (Å²) >= 11 is 0. The summed E-state index contributed by atoms with van der Waals surface area (Å²) in [6, 6.07) is 0. The number of rotatable bonds is 17. The number of esters is 2. The van der Waals surface area contributed by atoms with Crippen LogP contribution in [-0.2, 0) is 43.1 Å². The fourth-order valence-corrected chi connectivity index (χ4v) is 9.07. The maximum atomic E-state index is 17.7. The zero-order valence-corrected chi connectivity index (χ0v) is 28.8. The van der Waals surface area contributed by atoms with E-state index in [4.69, 9.17) is 9.47 Å². The smallest absolute Gasteiger partial charge is 0.308 e. The largest absolute Gasteiger partial charge is 0.457 e. The Morgan fingerprint density at radius 3 is 2.31 bits per heavy atom. The third-order valence-corrected chi connectivity index (χ3v) is 11.4. The number of hydrogen-bond acceptors (Lipinski definition) is 14. The second-order valence-corrected chi connectivity index (χ2v) is 14.1. The Labute approximate surface area is 292 Å². The molecule has 4 aliphatic carbocycles. The van der Waals surface area contributed by atoms with Crippen LogP contribution in [0.15, 0.2) is 23.8 Å². The third kappa shape index (κ3) is 7.46. The first-order valence-corrected chi connectivity index (χ1v) is 17.0. The topological polar surface area (TPSA) is 241 Å². The predicted molar refractivity (Wildman–Crippen MR) is 170 cm³/mol. The Balaban J connectivity index is 1.53. The number of aliphatic hydroxyl groups is 1. The van der Waals surface area contributed by atoms with Crippen LogP contribution in [0.3, 0.4) is 0 Å². The highest BCUT2D eigenvalue weighted by Gasteiger charge is 2.77. The molecule has 0 aliphatic heterocycles. The van der Waals surface area contributed by atoms with Crippen LogP contribution in [0.4, 0.5) is 4.39 Å². The normalized spacial score (nSPS) is 33.4. The lowest BCUT2D eigenvalue weighted by Gasteiger charge is -2.62. The molecule has 282 valence electrons. The molecule has 0 aromatic rings. The molecule has 17 nitrogen and oxygen atoms in total. The molecule has 8 atom stereocenters. The molecule has 3 fully saturated rings. The number of carbonyl (C=O) groups excluding carboxylic acids is 5. The van der Waals surface area contributed by atoms with Gasteiger partial charge in [0.05, 0.1) is 25.7 Å². The van der Waals surface area contributed by atoms with Gasteiger partial charge in [0.15, 0.2) is 23.7 Å². The number of allylic oxidation sites excluding steroid dienone is 4. The molecule has 1 amide bonds. The minimum absolute atomic E-state index is 0.0693. The van der Waals surface area contributed by atoms with E-state index in [-0.39, 0.29) is 70.3 Å². The van der Waals surface area contributed by atoms with Crippen molar-refractivity contribution in [1.82, 2.24) is 5.32 Å². The van der Waals surface area contributed by atoms with Crippen molar-refractivity contribution in [2.24, 2.45) is 28.6 Å². The van der Waals surface area contributed by atoms with Gasteiger partial charge in [0.1, 0.15) is 0 Å². The van der Waals surface area contributed by atoms with Crippen molar-refractivity contribution in [1.29, 1.82) is 0 Å².